The summed E-state index contributed by atoms with van der Waals surface area (Å²) in [7, 11) is 0. The lowest BCUT2D eigenvalue weighted by Gasteiger charge is -2.19. The van der Waals surface area contributed by atoms with Crippen LogP contribution in [0.25, 0.3) is 6.08 Å². The van der Waals surface area contributed by atoms with Crippen LogP contribution in [0.4, 0.5) is 0 Å². The number of phenols is 1. The van der Waals surface area contributed by atoms with E-state index < -0.39 is 0 Å². The Bertz CT molecular complexity index is 697. The Morgan fingerprint density at radius 1 is 1.00 bits per heavy atom. The Morgan fingerprint density at radius 2 is 1.82 bits per heavy atom. The van der Waals surface area contributed by atoms with Gasteiger partial charge in [0.15, 0.2) is 0 Å². The molecule has 1 aliphatic carbocycles. The maximum atomic E-state index is 10.4. The molecular formula is C21H24O. The normalized spacial score (nSPS) is 16.5. The number of hydrogen-bond donors (Lipinski definition) is 1. The van der Waals surface area contributed by atoms with Gasteiger partial charge in [-0.05, 0) is 42.0 Å². The lowest BCUT2D eigenvalue weighted by Crippen LogP contribution is -2.02. The monoisotopic (exact) mass is 292 g/mol. The van der Waals surface area contributed by atoms with E-state index >= 15 is 0 Å². The van der Waals surface area contributed by atoms with Gasteiger partial charge in [-0.1, -0.05) is 68.3 Å². The largest absolute Gasteiger partial charge is 0.508 e. The van der Waals surface area contributed by atoms with Crippen molar-refractivity contribution in [2.24, 2.45) is 0 Å². The minimum Gasteiger partial charge on any atom is -0.508 e. The van der Waals surface area contributed by atoms with Crippen molar-refractivity contribution in [2.45, 2.75) is 45.4 Å². The molecule has 0 aromatic heterocycles. The third-order valence-electron chi connectivity index (χ3n) is 4.65. The molecule has 1 aliphatic rings. The number of hydrogen-bond acceptors (Lipinski definition) is 1. The van der Waals surface area contributed by atoms with Crippen molar-refractivity contribution in [1.82, 2.24) is 0 Å². The Balaban J connectivity index is 2.04. The summed E-state index contributed by atoms with van der Waals surface area (Å²) in [5.41, 5.74) is 6.40. The fourth-order valence-electron chi connectivity index (χ4n) is 3.43. The van der Waals surface area contributed by atoms with Crippen LogP contribution in [0.3, 0.4) is 0 Å². The van der Waals surface area contributed by atoms with Crippen LogP contribution in [0, 0.1) is 0 Å². The molecule has 2 aromatic rings. The zero-order valence-corrected chi connectivity index (χ0v) is 13.5. The predicted molar refractivity (Wildman–Crippen MR) is 93.3 cm³/mol. The average molecular weight is 292 g/mol. The van der Waals surface area contributed by atoms with E-state index in [9.17, 15) is 5.11 Å². The molecule has 2 aromatic carbocycles. The highest BCUT2D eigenvalue weighted by molar-refractivity contribution is 5.70. The van der Waals surface area contributed by atoms with E-state index in [-0.39, 0.29) is 5.92 Å². The first kappa shape index (κ1) is 14.9. The van der Waals surface area contributed by atoms with Gasteiger partial charge in [-0.3, -0.25) is 0 Å². The second kappa shape index (κ2) is 6.39. The fraction of sp³-hybridized carbons (Fsp3) is 0.333. The first-order valence-electron chi connectivity index (χ1n) is 8.35. The summed E-state index contributed by atoms with van der Waals surface area (Å²) in [5, 5.41) is 10.4. The summed E-state index contributed by atoms with van der Waals surface area (Å²) >= 11 is 0. The lowest BCUT2D eigenvalue weighted by molar-refractivity contribution is 0.466. The summed E-state index contributed by atoms with van der Waals surface area (Å²) < 4.78 is 0. The van der Waals surface area contributed by atoms with Gasteiger partial charge in [-0.2, -0.15) is 0 Å². The van der Waals surface area contributed by atoms with Crippen LogP contribution in [0.15, 0.2) is 48.0 Å². The number of fused-ring (bicyclic) bond motifs is 1. The van der Waals surface area contributed by atoms with Gasteiger partial charge in [-0.25, -0.2) is 0 Å². The first-order valence-corrected chi connectivity index (χ1v) is 8.35. The first-order chi connectivity index (χ1) is 10.7. The van der Waals surface area contributed by atoms with E-state index in [1.165, 1.54) is 35.1 Å². The molecule has 1 N–H and O–H groups in total. The molecule has 1 nitrogen and oxygen atoms in total. The van der Waals surface area contributed by atoms with Crippen molar-refractivity contribution in [2.75, 3.05) is 0 Å². The Hall–Kier alpha value is -2.02. The SMILES string of the molecule is CCCCc1ccc(O)c(C2C(CC)=Cc3ccccc32)c1. The molecule has 114 valence electrons. The van der Waals surface area contributed by atoms with E-state index in [4.69, 9.17) is 0 Å². The molecule has 0 spiro atoms. The van der Waals surface area contributed by atoms with Crippen molar-refractivity contribution in [3.05, 3.63) is 70.3 Å². The molecule has 3 rings (SSSR count). The Kier molecular flexibility index (Phi) is 4.33. The number of aromatic hydroxyl groups is 1. The van der Waals surface area contributed by atoms with Crippen LogP contribution >= 0.6 is 0 Å². The third-order valence-corrected chi connectivity index (χ3v) is 4.65. The van der Waals surface area contributed by atoms with Crippen molar-refractivity contribution in [3.8, 4) is 5.75 Å². The maximum absolute atomic E-state index is 10.4. The summed E-state index contributed by atoms with van der Waals surface area (Å²) in [6, 6.07) is 14.7. The summed E-state index contributed by atoms with van der Waals surface area (Å²) in [6.07, 6.45) is 6.78. The summed E-state index contributed by atoms with van der Waals surface area (Å²) in [5.74, 6) is 0.629. The Morgan fingerprint density at radius 3 is 2.59 bits per heavy atom. The van der Waals surface area contributed by atoms with Gasteiger partial charge >= 0.3 is 0 Å². The van der Waals surface area contributed by atoms with Crippen molar-refractivity contribution in [1.29, 1.82) is 0 Å². The number of allylic oxidation sites excluding steroid dienone is 1. The minimum atomic E-state index is 0.211. The van der Waals surface area contributed by atoms with E-state index in [1.807, 2.05) is 6.07 Å². The molecule has 22 heavy (non-hydrogen) atoms. The number of rotatable bonds is 5. The molecule has 1 heteroatoms. The van der Waals surface area contributed by atoms with Crippen molar-refractivity contribution < 1.29 is 5.11 Å². The van der Waals surface area contributed by atoms with Crippen LogP contribution < -0.4 is 0 Å². The number of phenolic OH excluding ortho intramolecular Hbond substituents is 1. The standard InChI is InChI=1S/C21H24O/c1-3-5-8-15-11-12-20(22)19(13-15)21-16(4-2)14-17-9-6-7-10-18(17)21/h6-7,9-14,21-22H,3-5,8H2,1-2H3. The van der Waals surface area contributed by atoms with Gasteiger partial charge < -0.3 is 5.11 Å². The quantitative estimate of drug-likeness (QED) is 0.752. The fourth-order valence-corrected chi connectivity index (χ4v) is 3.43. The van der Waals surface area contributed by atoms with E-state index in [0.29, 0.717) is 5.75 Å². The van der Waals surface area contributed by atoms with Gasteiger partial charge in [0, 0.05) is 11.5 Å². The molecule has 1 unspecified atom stereocenters. The van der Waals surface area contributed by atoms with Gasteiger partial charge in [0.25, 0.3) is 0 Å². The maximum Gasteiger partial charge on any atom is 0.119 e. The second-order valence-corrected chi connectivity index (χ2v) is 6.13. The topological polar surface area (TPSA) is 20.2 Å². The molecule has 0 fully saturated rings. The van der Waals surface area contributed by atoms with E-state index in [1.54, 1.807) is 0 Å². The van der Waals surface area contributed by atoms with Crippen LogP contribution in [0.2, 0.25) is 0 Å². The second-order valence-electron chi connectivity index (χ2n) is 6.13. The molecule has 0 heterocycles. The van der Waals surface area contributed by atoms with E-state index in [0.717, 1.165) is 18.4 Å². The van der Waals surface area contributed by atoms with Crippen molar-refractivity contribution in [3.63, 3.8) is 0 Å². The Labute approximate surface area is 133 Å². The molecule has 0 radical (unpaired) electrons. The zero-order valence-electron chi connectivity index (χ0n) is 13.5. The van der Waals surface area contributed by atoms with Crippen LogP contribution in [-0.2, 0) is 6.42 Å². The highest BCUT2D eigenvalue weighted by atomic mass is 16.3. The predicted octanol–water partition coefficient (Wildman–Crippen LogP) is 5.67. The molecule has 0 bridgehead atoms. The summed E-state index contributed by atoms with van der Waals surface area (Å²) in [6.45, 7) is 4.41. The van der Waals surface area contributed by atoms with Crippen LogP contribution in [-0.4, -0.2) is 5.11 Å². The highest BCUT2D eigenvalue weighted by Gasteiger charge is 2.27. The minimum absolute atomic E-state index is 0.211. The molecule has 0 saturated carbocycles. The van der Waals surface area contributed by atoms with Crippen LogP contribution in [0.1, 0.15) is 61.3 Å². The van der Waals surface area contributed by atoms with Gasteiger partial charge in [0.1, 0.15) is 5.75 Å². The van der Waals surface area contributed by atoms with Gasteiger partial charge in [-0.15, -0.1) is 0 Å². The highest BCUT2D eigenvalue weighted by Crippen LogP contribution is 2.45. The van der Waals surface area contributed by atoms with Gasteiger partial charge in [0.2, 0.25) is 0 Å². The number of aryl methyl sites for hydroxylation is 1. The molecule has 0 aliphatic heterocycles. The molecular weight excluding hydrogens is 268 g/mol. The van der Waals surface area contributed by atoms with Gasteiger partial charge in [0.05, 0.1) is 0 Å². The zero-order chi connectivity index (χ0) is 15.5. The summed E-state index contributed by atoms with van der Waals surface area (Å²) in [4.78, 5) is 0. The molecule has 1 atom stereocenters. The van der Waals surface area contributed by atoms with Crippen LogP contribution in [0.5, 0.6) is 5.75 Å². The number of benzene rings is 2. The molecule has 0 saturated heterocycles. The van der Waals surface area contributed by atoms with Crippen molar-refractivity contribution >= 4 is 6.08 Å². The van der Waals surface area contributed by atoms with E-state index in [2.05, 4.69) is 56.3 Å². The third kappa shape index (κ3) is 2.68. The lowest BCUT2D eigenvalue weighted by atomic mass is 9.85. The molecule has 0 amide bonds. The smallest absolute Gasteiger partial charge is 0.119 e. The average Bonchev–Trinajstić information content (AvgIpc) is 2.92. The number of unbranched alkanes of at least 4 members (excludes halogenated alkanes) is 1.